The van der Waals surface area contributed by atoms with Gasteiger partial charge in [0.2, 0.25) is 11.8 Å². The highest BCUT2D eigenvalue weighted by Crippen LogP contribution is 2.30. The molecule has 1 aliphatic rings. The Balaban J connectivity index is 1.96. The quantitative estimate of drug-likeness (QED) is 0.581. The number of hydrogen-bond donors (Lipinski definition) is 3. The molecule has 1 saturated carbocycles. The molecule has 0 bridgehead atoms. The van der Waals surface area contributed by atoms with E-state index in [1.165, 1.54) is 17.8 Å². The summed E-state index contributed by atoms with van der Waals surface area (Å²) in [6.45, 7) is 6.84. The van der Waals surface area contributed by atoms with E-state index in [4.69, 9.17) is 5.73 Å². The van der Waals surface area contributed by atoms with E-state index in [-0.39, 0.29) is 29.8 Å². The van der Waals surface area contributed by atoms with Crippen LogP contribution in [0.4, 0.5) is 5.13 Å². The fourth-order valence-corrected chi connectivity index (χ4v) is 4.33. The number of nitrogens with two attached hydrogens (primary N) is 1. The molecule has 2 rings (SSSR count). The molecule has 1 heterocycles. The van der Waals surface area contributed by atoms with Crippen LogP contribution in [0.5, 0.6) is 0 Å². The summed E-state index contributed by atoms with van der Waals surface area (Å²) < 4.78 is 0. The Labute approximate surface area is 172 Å². The van der Waals surface area contributed by atoms with E-state index < -0.39 is 0 Å². The molecule has 28 heavy (non-hydrogen) atoms. The second-order valence-corrected chi connectivity index (χ2v) is 9.21. The van der Waals surface area contributed by atoms with Gasteiger partial charge in [0.05, 0.1) is 18.5 Å². The molecule has 2 amide bonds. The molecular formula is C20H35N5O2S. The van der Waals surface area contributed by atoms with Gasteiger partial charge in [-0.15, -0.1) is 11.3 Å². The zero-order valence-electron chi connectivity index (χ0n) is 17.5. The van der Waals surface area contributed by atoms with Crippen molar-refractivity contribution in [3.8, 4) is 0 Å². The van der Waals surface area contributed by atoms with Gasteiger partial charge in [0, 0.05) is 23.7 Å². The van der Waals surface area contributed by atoms with Crippen molar-refractivity contribution >= 4 is 28.3 Å². The zero-order chi connectivity index (χ0) is 20.7. The van der Waals surface area contributed by atoms with E-state index >= 15 is 0 Å². The zero-order valence-corrected chi connectivity index (χ0v) is 18.3. The Morgan fingerprint density at radius 1 is 1.21 bits per heavy atom. The van der Waals surface area contributed by atoms with E-state index in [1.807, 2.05) is 18.9 Å². The second kappa shape index (κ2) is 10.8. The average Bonchev–Trinajstić information content (AvgIpc) is 3.11. The second-order valence-electron chi connectivity index (χ2n) is 8.07. The Kier molecular flexibility index (Phi) is 8.69. The number of carbonyl (C=O) groups excluding carboxylic acids is 2. The summed E-state index contributed by atoms with van der Waals surface area (Å²) in [5, 5.41) is 6.55. The molecule has 0 saturated heterocycles. The minimum atomic E-state index is -0.227. The summed E-state index contributed by atoms with van der Waals surface area (Å²) in [5.41, 5.74) is 5.66. The summed E-state index contributed by atoms with van der Waals surface area (Å²) in [6, 6.07) is 0.0558. The lowest BCUT2D eigenvalue weighted by molar-refractivity contribution is -0.129. The van der Waals surface area contributed by atoms with Crippen LogP contribution < -0.4 is 16.4 Å². The Hall–Kier alpha value is -1.67. The van der Waals surface area contributed by atoms with Gasteiger partial charge in [0.1, 0.15) is 0 Å². The van der Waals surface area contributed by atoms with E-state index in [0.717, 1.165) is 30.6 Å². The van der Waals surface area contributed by atoms with Gasteiger partial charge in [-0.3, -0.25) is 14.5 Å². The summed E-state index contributed by atoms with van der Waals surface area (Å²) in [7, 11) is 1.95. The molecule has 2 atom stereocenters. The maximum absolute atomic E-state index is 12.9. The molecule has 7 nitrogen and oxygen atoms in total. The largest absolute Gasteiger partial charge is 0.375 e. The predicted molar refractivity (Wildman–Crippen MR) is 114 cm³/mol. The van der Waals surface area contributed by atoms with Crippen LogP contribution in [-0.2, 0) is 16.1 Å². The van der Waals surface area contributed by atoms with Crippen molar-refractivity contribution in [2.75, 3.05) is 19.3 Å². The highest BCUT2D eigenvalue weighted by Gasteiger charge is 2.31. The van der Waals surface area contributed by atoms with Gasteiger partial charge >= 0.3 is 0 Å². The van der Waals surface area contributed by atoms with Gasteiger partial charge < -0.3 is 16.4 Å². The topological polar surface area (TPSA) is 100 Å². The fraction of sp³-hybridized carbons (Fsp3) is 0.750. The van der Waals surface area contributed by atoms with Gasteiger partial charge in [-0.2, -0.15) is 0 Å². The number of rotatable bonds is 9. The highest BCUT2D eigenvalue weighted by atomic mass is 32.1. The average molecular weight is 410 g/mol. The number of nitrogen functional groups attached to an aromatic ring is 1. The minimum Gasteiger partial charge on any atom is -0.375 e. The van der Waals surface area contributed by atoms with Gasteiger partial charge in [-0.1, -0.05) is 19.3 Å². The molecule has 1 fully saturated rings. The number of anilines is 1. The first-order valence-corrected chi connectivity index (χ1v) is 11.1. The molecule has 1 aromatic heterocycles. The van der Waals surface area contributed by atoms with Crippen LogP contribution in [0.15, 0.2) is 6.20 Å². The summed E-state index contributed by atoms with van der Waals surface area (Å²) >= 11 is 1.38. The Bertz CT molecular complexity index is 642. The van der Waals surface area contributed by atoms with Crippen LogP contribution >= 0.6 is 11.3 Å². The number of likely N-dealkylation sites (N-methyl/N-ethyl adjacent to an activating group) is 1. The van der Waals surface area contributed by atoms with Crippen molar-refractivity contribution in [2.24, 2.45) is 11.8 Å². The molecule has 0 aliphatic heterocycles. The first-order valence-electron chi connectivity index (χ1n) is 10.3. The van der Waals surface area contributed by atoms with Crippen molar-refractivity contribution in [1.29, 1.82) is 0 Å². The Morgan fingerprint density at radius 3 is 2.46 bits per heavy atom. The number of hydrogen-bond acceptors (Lipinski definition) is 6. The van der Waals surface area contributed by atoms with Crippen molar-refractivity contribution in [2.45, 2.75) is 71.5 Å². The third-order valence-electron chi connectivity index (χ3n) is 5.87. The summed E-state index contributed by atoms with van der Waals surface area (Å²) in [4.78, 5) is 32.5. The van der Waals surface area contributed by atoms with Gasteiger partial charge in [-0.25, -0.2) is 4.98 Å². The standard InChI is InChI=1S/C20H35N5O2S/c1-13(2)25(4)14(3)18(26)23-12-17(15-8-6-5-7-9-15)19(27)22-10-16-11-24-20(21)28-16/h11,13-15,17H,5-10,12H2,1-4H3,(H2,21,24)(H,22,27)(H,23,26)/t14-,17-/m0/s1. The van der Waals surface area contributed by atoms with E-state index in [0.29, 0.717) is 24.1 Å². The highest BCUT2D eigenvalue weighted by molar-refractivity contribution is 7.15. The molecule has 1 aromatic rings. The lowest BCUT2D eigenvalue weighted by Gasteiger charge is -2.31. The molecule has 8 heteroatoms. The number of aromatic nitrogens is 1. The van der Waals surface area contributed by atoms with Crippen LogP contribution in [0.1, 0.15) is 57.8 Å². The maximum Gasteiger partial charge on any atom is 0.237 e. The first-order chi connectivity index (χ1) is 13.3. The maximum atomic E-state index is 12.9. The van der Waals surface area contributed by atoms with Crippen molar-refractivity contribution < 1.29 is 9.59 Å². The molecule has 158 valence electrons. The monoisotopic (exact) mass is 409 g/mol. The van der Waals surface area contributed by atoms with Crippen LogP contribution in [0, 0.1) is 11.8 Å². The normalized spacial score (nSPS) is 17.5. The van der Waals surface area contributed by atoms with Crippen LogP contribution in [0.3, 0.4) is 0 Å². The molecule has 4 N–H and O–H groups in total. The van der Waals surface area contributed by atoms with Gasteiger partial charge in [0.15, 0.2) is 5.13 Å². The number of carbonyl (C=O) groups is 2. The minimum absolute atomic E-state index is 0.00374. The summed E-state index contributed by atoms with van der Waals surface area (Å²) in [5.74, 6) is 0.0915. The van der Waals surface area contributed by atoms with E-state index in [1.54, 1.807) is 6.20 Å². The van der Waals surface area contributed by atoms with Gasteiger partial charge in [-0.05, 0) is 46.6 Å². The molecule has 0 unspecified atom stereocenters. The first kappa shape index (κ1) is 22.6. The lowest BCUT2D eigenvalue weighted by Crippen LogP contribution is -2.49. The van der Waals surface area contributed by atoms with Crippen molar-refractivity contribution in [3.63, 3.8) is 0 Å². The number of amides is 2. The van der Waals surface area contributed by atoms with Crippen molar-refractivity contribution in [1.82, 2.24) is 20.5 Å². The van der Waals surface area contributed by atoms with Crippen LogP contribution in [0.25, 0.3) is 0 Å². The summed E-state index contributed by atoms with van der Waals surface area (Å²) in [6.07, 6.45) is 7.32. The number of nitrogens with zero attached hydrogens (tertiary/aromatic N) is 2. The molecule has 0 spiro atoms. The third kappa shape index (κ3) is 6.44. The van der Waals surface area contributed by atoms with Crippen LogP contribution in [0.2, 0.25) is 0 Å². The smallest absolute Gasteiger partial charge is 0.237 e. The van der Waals surface area contributed by atoms with E-state index in [2.05, 4.69) is 29.5 Å². The SMILES string of the molecule is CC(C)N(C)[C@@H](C)C(=O)NC[C@H](C(=O)NCc1cnc(N)s1)C1CCCCC1. The fourth-order valence-electron chi connectivity index (χ4n) is 3.71. The molecular weight excluding hydrogens is 374 g/mol. The predicted octanol–water partition coefficient (Wildman–Crippen LogP) is 2.38. The lowest BCUT2D eigenvalue weighted by atomic mass is 9.79. The third-order valence-corrected chi connectivity index (χ3v) is 6.69. The molecule has 1 aliphatic carbocycles. The van der Waals surface area contributed by atoms with Crippen molar-refractivity contribution in [3.05, 3.63) is 11.1 Å². The van der Waals surface area contributed by atoms with Gasteiger partial charge in [0.25, 0.3) is 0 Å². The number of thiazole rings is 1. The van der Waals surface area contributed by atoms with E-state index in [9.17, 15) is 9.59 Å². The Morgan fingerprint density at radius 2 is 1.89 bits per heavy atom. The molecule has 0 radical (unpaired) electrons. The number of nitrogens with one attached hydrogen (secondary N) is 2. The van der Waals surface area contributed by atoms with Crippen LogP contribution in [-0.4, -0.2) is 47.4 Å². The molecule has 0 aromatic carbocycles.